The second kappa shape index (κ2) is 8.41. The Hall–Kier alpha value is -4.00. The number of benzene rings is 1. The number of fused-ring (bicyclic) bond motifs is 1. The van der Waals surface area contributed by atoms with E-state index in [0.717, 1.165) is 33.7 Å². The van der Waals surface area contributed by atoms with E-state index < -0.39 is 0 Å². The first-order valence-electron chi connectivity index (χ1n) is 11.6. The highest BCUT2D eigenvalue weighted by Crippen LogP contribution is 2.39. The molecule has 0 spiro atoms. The van der Waals surface area contributed by atoms with Crippen molar-refractivity contribution < 1.29 is 9.53 Å². The molecule has 2 aliphatic rings. The highest BCUT2D eigenvalue weighted by atomic mass is 16.5. The Morgan fingerprint density at radius 2 is 1.76 bits per heavy atom. The van der Waals surface area contributed by atoms with Crippen LogP contribution in [0.15, 0.2) is 67.1 Å². The minimum Gasteiger partial charge on any atom is -0.489 e. The summed E-state index contributed by atoms with van der Waals surface area (Å²) in [5, 5.41) is 4.81. The summed E-state index contributed by atoms with van der Waals surface area (Å²) in [6.07, 6.45) is 7.90. The van der Waals surface area contributed by atoms with Crippen LogP contribution in [0.2, 0.25) is 0 Å². The molecule has 4 aromatic rings. The van der Waals surface area contributed by atoms with Crippen molar-refractivity contribution in [2.45, 2.75) is 31.9 Å². The first kappa shape index (κ1) is 20.6. The van der Waals surface area contributed by atoms with Crippen LogP contribution in [-0.2, 0) is 13.2 Å². The second-order valence-corrected chi connectivity index (χ2v) is 8.94. The van der Waals surface area contributed by atoms with Gasteiger partial charge in [0.25, 0.3) is 5.91 Å². The van der Waals surface area contributed by atoms with Gasteiger partial charge in [0.1, 0.15) is 23.7 Å². The summed E-state index contributed by atoms with van der Waals surface area (Å²) in [6, 6.07) is 15.9. The third kappa shape index (κ3) is 3.83. The number of carbonyl (C=O) groups is 1. The van der Waals surface area contributed by atoms with Gasteiger partial charge in [-0.1, -0.05) is 18.2 Å². The number of rotatable bonds is 6. The fraction of sp³-hybridized carbons (Fsp3) is 0.259. The predicted octanol–water partition coefficient (Wildman–Crippen LogP) is 4.55. The molecular formula is C27H25N5O2. The number of aromatic nitrogens is 4. The molecule has 4 heterocycles. The molecule has 1 amide bonds. The maximum atomic E-state index is 13.1. The molecule has 0 N–H and O–H groups in total. The highest BCUT2D eigenvalue weighted by molar-refractivity contribution is 6.03. The molecule has 0 atom stereocenters. The predicted molar refractivity (Wildman–Crippen MR) is 128 cm³/mol. The summed E-state index contributed by atoms with van der Waals surface area (Å²) >= 11 is 0. The van der Waals surface area contributed by atoms with Crippen molar-refractivity contribution in [1.29, 1.82) is 0 Å². The Morgan fingerprint density at radius 1 is 0.971 bits per heavy atom. The van der Waals surface area contributed by atoms with Crippen LogP contribution in [0.5, 0.6) is 5.75 Å². The summed E-state index contributed by atoms with van der Waals surface area (Å²) in [5.41, 5.74) is 6.35. The van der Waals surface area contributed by atoms with E-state index in [4.69, 9.17) is 9.84 Å². The smallest absolute Gasteiger partial charge is 0.272 e. The van der Waals surface area contributed by atoms with E-state index in [1.165, 1.54) is 18.5 Å². The van der Waals surface area contributed by atoms with Gasteiger partial charge < -0.3 is 9.64 Å². The molecule has 1 saturated carbocycles. The molecule has 1 aliphatic heterocycles. The lowest BCUT2D eigenvalue weighted by Crippen LogP contribution is -2.37. The molecule has 1 aliphatic carbocycles. The number of pyridine rings is 2. The van der Waals surface area contributed by atoms with Crippen molar-refractivity contribution in [3.05, 3.63) is 84.1 Å². The summed E-state index contributed by atoms with van der Waals surface area (Å²) in [7, 11) is 1.83. The molecule has 7 heteroatoms. The number of amides is 1. The molecule has 0 unspecified atom stereocenters. The van der Waals surface area contributed by atoms with Gasteiger partial charge in [0, 0.05) is 60.5 Å². The van der Waals surface area contributed by atoms with Crippen LogP contribution in [0.4, 0.5) is 0 Å². The lowest BCUT2D eigenvalue weighted by atomic mass is 9.98. The van der Waals surface area contributed by atoms with Gasteiger partial charge in [-0.3, -0.25) is 19.4 Å². The zero-order valence-electron chi connectivity index (χ0n) is 19.0. The minimum absolute atomic E-state index is 0.0171. The average molecular weight is 452 g/mol. The number of ether oxygens (including phenoxy) is 1. The van der Waals surface area contributed by atoms with Gasteiger partial charge in [-0.2, -0.15) is 5.10 Å². The van der Waals surface area contributed by atoms with Crippen molar-refractivity contribution in [3.8, 4) is 28.1 Å². The molecule has 1 fully saturated rings. The van der Waals surface area contributed by atoms with Gasteiger partial charge in [0.05, 0.1) is 6.54 Å². The molecule has 7 nitrogen and oxygen atoms in total. The van der Waals surface area contributed by atoms with E-state index in [0.29, 0.717) is 31.3 Å². The van der Waals surface area contributed by atoms with Crippen LogP contribution in [0.1, 0.15) is 40.5 Å². The molecule has 1 aromatic carbocycles. The standard InChI is InChI=1S/C27H25N5O2/c1-31-14-15-32-26(27(31)33)24(25(30-32)21-10-12-28-13-11-21)20-5-7-22(8-6-20)34-17-18-2-9-23(29-16-18)19-3-4-19/h2,5-13,16,19H,3-4,14-15,17H2,1H3. The minimum atomic E-state index is -0.0171. The Labute approximate surface area is 198 Å². The maximum absolute atomic E-state index is 13.1. The zero-order chi connectivity index (χ0) is 23.1. The van der Waals surface area contributed by atoms with Crippen LogP contribution in [0.25, 0.3) is 22.4 Å². The number of nitrogens with zero attached hydrogens (tertiary/aromatic N) is 5. The third-order valence-electron chi connectivity index (χ3n) is 6.49. The normalized spacial score (nSPS) is 15.3. The molecule has 0 radical (unpaired) electrons. The van der Waals surface area contributed by atoms with Crippen LogP contribution in [0.3, 0.4) is 0 Å². The lowest BCUT2D eigenvalue weighted by molar-refractivity contribution is 0.0744. The van der Waals surface area contributed by atoms with E-state index in [2.05, 4.69) is 22.1 Å². The second-order valence-electron chi connectivity index (χ2n) is 8.94. The summed E-state index contributed by atoms with van der Waals surface area (Å²) in [6.45, 7) is 1.78. The first-order valence-corrected chi connectivity index (χ1v) is 11.6. The summed E-state index contributed by atoms with van der Waals surface area (Å²) in [5.74, 6) is 1.40. The summed E-state index contributed by atoms with van der Waals surface area (Å²) in [4.78, 5) is 23.5. The fourth-order valence-electron chi connectivity index (χ4n) is 4.38. The number of hydrogen-bond acceptors (Lipinski definition) is 5. The van der Waals surface area contributed by atoms with E-state index in [1.54, 1.807) is 17.3 Å². The fourth-order valence-corrected chi connectivity index (χ4v) is 4.38. The van der Waals surface area contributed by atoms with Crippen LogP contribution < -0.4 is 4.74 Å². The maximum Gasteiger partial charge on any atom is 0.272 e. The lowest BCUT2D eigenvalue weighted by Gasteiger charge is -2.24. The summed E-state index contributed by atoms with van der Waals surface area (Å²) < 4.78 is 7.83. The number of carbonyl (C=O) groups excluding carboxylic acids is 1. The van der Waals surface area contributed by atoms with E-state index in [-0.39, 0.29) is 5.91 Å². The average Bonchev–Trinajstić information content (AvgIpc) is 3.66. The van der Waals surface area contributed by atoms with Crippen molar-refractivity contribution in [2.24, 2.45) is 0 Å². The molecule has 170 valence electrons. The topological polar surface area (TPSA) is 73.1 Å². The Kier molecular flexibility index (Phi) is 5.09. The van der Waals surface area contributed by atoms with Gasteiger partial charge in [-0.15, -0.1) is 0 Å². The van der Waals surface area contributed by atoms with E-state index in [1.807, 2.05) is 54.3 Å². The van der Waals surface area contributed by atoms with Gasteiger partial charge >= 0.3 is 0 Å². The van der Waals surface area contributed by atoms with Crippen LogP contribution >= 0.6 is 0 Å². The molecule has 0 bridgehead atoms. The quantitative estimate of drug-likeness (QED) is 0.430. The SMILES string of the molecule is CN1CCn2nc(-c3ccncc3)c(-c3ccc(OCc4ccc(C5CC5)nc4)cc3)c2C1=O. The van der Waals surface area contributed by atoms with Gasteiger partial charge in [0.15, 0.2) is 0 Å². The van der Waals surface area contributed by atoms with Crippen molar-refractivity contribution >= 4 is 5.91 Å². The van der Waals surface area contributed by atoms with Crippen molar-refractivity contribution in [3.63, 3.8) is 0 Å². The Bertz CT molecular complexity index is 1330. The number of hydrogen-bond donors (Lipinski definition) is 0. The molecular weight excluding hydrogens is 426 g/mol. The number of likely N-dealkylation sites (N-methyl/N-ethyl adjacent to an activating group) is 1. The molecule has 34 heavy (non-hydrogen) atoms. The molecule has 6 rings (SSSR count). The Morgan fingerprint density at radius 3 is 2.47 bits per heavy atom. The monoisotopic (exact) mass is 451 g/mol. The van der Waals surface area contributed by atoms with Crippen LogP contribution in [0, 0.1) is 0 Å². The Balaban J connectivity index is 1.28. The van der Waals surface area contributed by atoms with Gasteiger partial charge in [0.2, 0.25) is 0 Å². The molecule has 3 aromatic heterocycles. The van der Waals surface area contributed by atoms with Crippen LogP contribution in [-0.4, -0.2) is 44.1 Å². The largest absolute Gasteiger partial charge is 0.489 e. The van der Waals surface area contributed by atoms with Crippen molar-refractivity contribution in [1.82, 2.24) is 24.6 Å². The van der Waals surface area contributed by atoms with E-state index >= 15 is 0 Å². The van der Waals surface area contributed by atoms with Crippen molar-refractivity contribution in [2.75, 3.05) is 13.6 Å². The van der Waals surface area contributed by atoms with Gasteiger partial charge in [-0.25, -0.2) is 0 Å². The van der Waals surface area contributed by atoms with E-state index in [9.17, 15) is 4.79 Å². The highest BCUT2D eigenvalue weighted by Gasteiger charge is 2.30. The zero-order valence-corrected chi connectivity index (χ0v) is 19.0. The first-order chi connectivity index (χ1) is 16.7. The third-order valence-corrected chi connectivity index (χ3v) is 6.49. The van der Waals surface area contributed by atoms with Gasteiger partial charge in [-0.05, 0) is 48.7 Å². The molecule has 0 saturated heterocycles.